The molecule has 100 valence electrons. The Morgan fingerprint density at radius 1 is 1.41 bits per heavy atom. The number of rotatable bonds is 1. The van der Waals surface area contributed by atoms with Crippen LogP contribution in [0.4, 0.5) is 13.2 Å². The largest absolute Gasteiger partial charge is 0.490 e. The minimum atomic E-state index is -5.08. The highest BCUT2D eigenvalue weighted by Gasteiger charge is 2.38. The standard InChI is InChI=1S/C7H14N2O.C2HF3O2/c1-6(10)9-7-3-2-4-8-5-7;3-2(4,5)1(6)7/h7-8H,2-5H2,1H3,(H,9,10);(H,6,7)/t7-;/m0./s1. The van der Waals surface area contributed by atoms with Crippen molar-refractivity contribution >= 4 is 11.9 Å². The number of carboxylic acids is 1. The second-order valence-electron chi connectivity index (χ2n) is 3.55. The lowest BCUT2D eigenvalue weighted by Crippen LogP contribution is -2.44. The molecular formula is C9H15F3N2O3. The molecule has 0 spiro atoms. The molecule has 3 N–H and O–H groups in total. The molecule has 0 aromatic heterocycles. The predicted octanol–water partition coefficient (Wildman–Crippen LogP) is 0.508. The molecule has 1 aliphatic heterocycles. The molecule has 0 radical (unpaired) electrons. The van der Waals surface area contributed by atoms with E-state index >= 15 is 0 Å². The Morgan fingerprint density at radius 2 is 1.94 bits per heavy atom. The van der Waals surface area contributed by atoms with Gasteiger partial charge in [-0.3, -0.25) is 4.79 Å². The van der Waals surface area contributed by atoms with Gasteiger partial charge in [0.25, 0.3) is 0 Å². The number of halogens is 3. The van der Waals surface area contributed by atoms with Gasteiger partial charge in [-0.2, -0.15) is 13.2 Å². The summed E-state index contributed by atoms with van der Waals surface area (Å²) in [5.41, 5.74) is 0. The van der Waals surface area contributed by atoms with E-state index in [1.54, 1.807) is 6.92 Å². The zero-order valence-corrected chi connectivity index (χ0v) is 9.30. The van der Waals surface area contributed by atoms with E-state index in [0.29, 0.717) is 6.04 Å². The molecule has 17 heavy (non-hydrogen) atoms. The van der Waals surface area contributed by atoms with E-state index in [1.807, 2.05) is 0 Å². The third-order valence-electron chi connectivity index (χ3n) is 1.95. The van der Waals surface area contributed by atoms with Gasteiger partial charge in [0, 0.05) is 19.5 Å². The molecule has 1 rings (SSSR count). The number of alkyl halides is 3. The Bertz CT molecular complexity index is 263. The highest BCUT2D eigenvalue weighted by molar-refractivity contribution is 5.73. The van der Waals surface area contributed by atoms with Crippen LogP contribution >= 0.6 is 0 Å². The number of carbonyl (C=O) groups excluding carboxylic acids is 1. The minimum absolute atomic E-state index is 0.0775. The van der Waals surface area contributed by atoms with Crippen LogP contribution in [-0.2, 0) is 9.59 Å². The van der Waals surface area contributed by atoms with Crippen LogP contribution in [-0.4, -0.2) is 42.3 Å². The molecule has 1 heterocycles. The molecular weight excluding hydrogens is 241 g/mol. The Morgan fingerprint density at radius 3 is 2.24 bits per heavy atom. The van der Waals surface area contributed by atoms with E-state index in [1.165, 1.54) is 6.42 Å². The lowest BCUT2D eigenvalue weighted by molar-refractivity contribution is -0.192. The Labute approximate surface area is 96.4 Å². The summed E-state index contributed by atoms with van der Waals surface area (Å²) in [6.07, 6.45) is -2.79. The summed E-state index contributed by atoms with van der Waals surface area (Å²) in [4.78, 5) is 19.5. The number of hydrogen-bond donors (Lipinski definition) is 3. The summed E-state index contributed by atoms with van der Waals surface area (Å²) in [5, 5.41) is 13.2. The molecule has 0 aliphatic carbocycles. The summed E-state index contributed by atoms with van der Waals surface area (Å²) in [5.74, 6) is -2.68. The van der Waals surface area contributed by atoms with Crippen molar-refractivity contribution in [2.75, 3.05) is 13.1 Å². The Balaban J connectivity index is 0.000000325. The normalized spacial score (nSPS) is 19.9. The zero-order chi connectivity index (χ0) is 13.5. The van der Waals surface area contributed by atoms with Gasteiger partial charge in [-0.1, -0.05) is 0 Å². The molecule has 1 aliphatic rings. The Kier molecular flexibility index (Phi) is 6.55. The number of hydrogen-bond acceptors (Lipinski definition) is 3. The number of carboxylic acid groups (broad SMARTS) is 1. The van der Waals surface area contributed by atoms with Crippen molar-refractivity contribution in [2.45, 2.75) is 32.0 Å². The molecule has 0 unspecified atom stereocenters. The second-order valence-corrected chi connectivity index (χ2v) is 3.55. The van der Waals surface area contributed by atoms with Crippen LogP contribution in [0.15, 0.2) is 0 Å². The lowest BCUT2D eigenvalue weighted by Gasteiger charge is -2.22. The predicted molar refractivity (Wildman–Crippen MR) is 53.4 cm³/mol. The van der Waals surface area contributed by atoms with Crippen LogP contribution in [0.5, 0.6) is 0 Å². The van der Waals surface area contributed by atoms with Crippen molar-refractivity contribution in [1.29, 1.82) is 0 Å². The molecule has 1 saturated heterocycles. The molecule has 0 saturated carbocycles. The van der Waals surface area contributed by atoms with Gasteiger partial charge in [0.1, 0.15) is 0 Å². The summed E-state index contributed by atoms with van der Waals surface area (Å²) in [6, 6.07) is 0.367. The molecule has 1 atom stereocenters. The maximum Gasteiger partial charge on any atom is 0.490 e. The van der Waals surface area contributed by atoms with Crippen molar-refractivity contribution in [3.05, 3.63) is 0 Å². The van der Waals surface area contributed by atoms with Crippen LogP contribution in [0.1, 0.15) is 19.8 Å². The van der Waals surface area contributed by atoms with Gasteiger partial charge in [-0.25, -0.2) is 4.79 Å². The molecule has 8 heteroatoms. The van der Waals surface area contributed by atoms with E-state index in [0.717, 1.165) is 19.5 Å². The molecule has 5 nitrogen and oxygen atoms in total. The third kappa shape index (κ3) is 8.49. The molecule has 1 fully saturated rings. The molecule has 0 bridgehead atoms. The van der Waals surface area contributed by atoms with Crippen LogP contribution in [0.3, 0.4) is 0 Å². The maximum absolute atomic E-state index is 10.6. The fourth-order valence-corrected chi connectivity index (χ4v) is 1.26. The van der Waals surface area contributed by atoms with E-state index in [-0.39, 0.29) is 5.91 Å². The highest BCUT2D eigenvalue weighted by Crippen LogP contribution is 2.13. The summed E-state index contributed by atoms with van der Waals surface area (Å²) >= 11 is 0. The van der Waals surface area contributed by atoms with Crippen LogP contribution in [0, 0.1) is 0 Å². The van der Waals surface area contributed by atoms with Gasteiger partial charge in [0.05, 0.1) is 0 Å². The quantitative estimate of drug-likeness (QED) is 0.638. The number of aliphatic carboxylic acids is 1. The Hall–Kier alpha value is -1.31. The van der Waals surface area contributed by atoms with E-state index in [4.69, 9.17) is 9.90 Å². The van der Waals surface area contributed by atoms with Crippen molar-refractivity contribution in [3.63, 3.8) is 0 Å². The summed E-state index contributed by atoms with van der Waals surface area (Å²) < 4.78 is 31.7. The molecule has 1 amide bonds. The first-order chi connectivity index (χ1) is 7.73. The number of piperidine rings is 1. The van der Waals surface area contributed by atoms with E-state index < -0.39 is 12.1 Å². The van der Waals surface area contributed by atoms with Gasteiger partial charge in [0.2, 0.25) is 5.91 Å². The SMILES string of the molecule is CC(=O)N[C@H]1CCCNC1.O=C(O)C(F)(F)F. The fraction of sp³-hybridized carbons (Fsp3) is 0.778. The first-order valence-corrected chi connectivity index (χ1v) is 5.01. The van der Waals surface area contributed by atoms with Gasteiger partial charge in [-0.05, 0) is 19.4 Å². The fourth-order valence-electron chi connectivity index (χ4n) is 1.26. The first kappa shape index (κ1) is 15.7. The first-order valence-electron chi connectivity index (χ1n) is 5.01. The maximum atomic E-state index is 10.6. The van der Waals surface area contributed by atoms with Crippen LogP contribution in [0.2, 0.25) is 0 Å². The zero-order valence-electron chi connectivity index (χ0n) is 9.30. The summed E-state index contributed by atoms with van der Waals surface area (Å²) in [7, 11) is 0. The third-order valence-corrected chi connectivity index (χ3v) is 1.95. The van der Waals surface area contributed by atoms with E-state index in [2.05, 4.69) is 10.6 Å². The monoisotopic (exact) mass is 256 g/mol. The van der Waals surface area contributed by atoms with Crippen LogP contribution < -0.4 is 10.6 Å². The number of carbonyl (C=O) groups is 2. The van der Waals surface area contributed by atoms with Gasteiger partial charge in [0.15, 0.2) is 0 Å². The van der Waals surface area contributed by atoms with Crippen LogP contribution in [0.25, 0.3) is 0 Å². The van der Waals surface area contributed by atoms with Gasteiger partial charge in [-0.15, -0.1) is 0 Å². The smallest absolute Gasteiger partial charge is 0.475 e. The van der Waals surface area contributed by atoms with Crippen molar-refractivity contribution in [3.8, 4) is 0 Å². The molecule has 0 aromatic carbocycles. The summed E-state index contributed by atoms with van der Waals surface area (Å²) in [6.45, 7) is 3.59. The van der Waals surface area contributed by atoms with Crippen molar-refractivity contribution < 1.29 is 27.9 Å². The van der Waals surface area contributed by atoms with E-state index in [9.17, 15) is 18.0 Å². The number of nitrogens with one attached hydrogen (secondary N) is 2. The average Bonchev–Trinajstić information content (AvgIpc) is 2.17. The number of amides is 1. The van der Waals surface area contributed by atoms with Gasteiger partial charge >= 0.3 is 12.1 Å². The highest BCUT2D eigenvalue weighted by atomic mass is 19.4. The van der Waals surface area contributed by atoms with Gasteiger partial charge < -0.3 is 15.7 Å². The lowest BCUT2D eigenvalue weighted by atomic mass is 10.1. The molecule has 0 aromatic rings. The minimum Gasteiger partial charge on any atom is -0.475 e. The second kappa shape index (κ2) is 7.10. The average molecular weight is 256 g/mol. The van der Waals surface area contributed by atoms with Crippen molar-refractivity contribution in [1.82, 2.24) is 10.6 Å². The topological polar surface area (TPSA) is 78.4 Å². The van der Waals surface area contributed by atoms with Crippen molar-refractivity contribution in [2.24, 2.45) is 0 Å².